The minimum atomic E-state index is -0.424. The molecule has 0 saturated carbocycles. The van der Waals surface area contributed by atoms with Gasteiger partial charge in [-0.1, -0.05) is 84.4 Å². The standard InChI is InChI=1S/C28H18ClNO2/c29-22-13-14-24-23(17-22)26(20-7-2-1-3-8-20)27(28(32)30-24)25(31)15-11-18-10-12-19-6-4-5-9-21(19)16-18/h1-17H,(H,30,32). The lowest BCUT2D eigenvalue weighted by atomic mass is 9.94. The van der Waals surface area contributed by atoms with Crippen molar-refractivity contribution in [2.75, 3.05) is 0 Å². The highest BCUT2D eigenvalue weighted by Gasteiger charge is 2.19. The SMILES string of the molecule is O=C(C=Cc1ccc2ccccc2c1)c1c(-c2ccccc2)c2cc(Cl)ccc2[nH]c1=O. The molecule has 0 spiro atoms. The quantitative estimate of drug-likeness (QED) is 0.246. The number of benzene rings is 4. The summed E-state index contributed by atoms with van der Waals surface area (Å²) in [4.78, 5) is 29.1. The fraction of sp³-hybridized carbons (Fsp3) is 0. The topological polar surface area (TPSA) is 49.9 Å². The van der Waals surface area contributed by atoms with Crippen molar-refractivity contribution >= 4 is 45.1 Å². The average molecular weight is 436 g/mol. The highest BCUT2D eigenvalue weighted by molar-refractivity contribution is 6.31. The number of ketones is 1. The van der Waals surface area contributed by atoms with Gasteiger partial charge in [-0.25, -0.2) is 0 Å². The lowest BCUT2D eigenvalue weighted by Gasteiger charge is -2.11. The maximum Gasteiger partial charge on any atom is 0.260 e. The molecule has 0 fully saturated rings. The lowest BCUT2D eigenvalue weighted by Crippen LogP contribution is -2.18. The average Bonchev–Trinajstić information content (AvgIpc) is 2.82. The molecule has 0 aliphatic heterocycles. The number of aromatic amines is 1. The molecule has 0 aliphatic rings. The van der Waals surface area contributed by atoms with Gasteiger partial charge in [0.25, 0.3) is 5.56 Å². The molecule has 0 atom stereocenters. The third-order valence-electron chi connectivity index (χ3n) is 5.49. The number of carbonyl (C=O) groups excluding carboxylic acids is 1. The predicted molar refractivity (Wildman–Crippen MR) is 132 cm³/mol. The first-order valence-corrected chi connectivity index (χ1v) is 10.6. The zero-order chi connectivity index (χ0) is 22.1. The van der Waals surface area contributed by atoms with Crippen LogP contribution in [-0.2, 0) is 0 Å². The molecule has 5 rings (SSSR count). The highest BCUT2D eigenvalue weighted by Crippen LogP contribution is 2.31. The summed E-state index contributed by atoms with van der Waals surface area (Å²) in [6, 6.07) is 28.7. The third-order valence-corrected chi connectivity index (χ3v) is 5.72. The smallest absolute Gasteiger partial charge is 0.260 e. The van der Waals surface area contributed by atoms with Crippen molar-refractivity contribution in [3.05, 3.63) is 124 Å². The van der Waals surface area contributed by atoms with Gasteiger partial charge in [0.05, 0.1) is 5.56 Å². The van der Waals surface area contributed by atoms with Crippen molar-refractivity contribution in [2.24, 2.45) is 0 Å². The zero-order valence-corrected chi connectivity index (χ0v) is 17.8. The van der Waals surface area contributed by atoms with Crippen LogP contribution in [0.4, 0.5) is 0 Å². The van der Waals surface area contributed by atoms with Crippen molar-refractivity contribution in [2.45, 2.75) is 0 Å². The molecule has 1 N–H and O–H groups in total. The molecule has 1 aromatic heterocycles. The van der Waals surface area contributed by atoms with Gasteiger partial charge in [-0.2, -0.15) is 0 Å². The summed E-state index contributed by atoms with van der Waals surface area (Å²) in [7, 11) is 0. The van der Waals surface area contributed by atoms with Crippen molar-refractivity contribution in [3.8, 4) is 11.1 Å². The molecule has 4 aromatic carbocycles. The number of nitrogens with one attached hydrogen (secondary N) is 1. The molecule has 154 valence electrons. The van der Waals surface area contributed by atoms with Crippen molar-refractivity contribution in [1.29, 1.82) is 0 Å². The Balaban J connectivity index is 1.65. The highest BCUT2D eigenvalue weighted by atomic mass is 35.5. The summed E-state index contributed by atoms with van der Waals surface area (Å²) in [5.41, 5.74) is 2.56. The number of hydrogen-bond donors (Lipinski definition) is 1. The van der Waals surface area contributed by atoms with E-state index in [1.54, 1.807) is 24.3 Å². The van der Waals surface area contributed by atoms with Crippen LogP contribution in [0, 0.1) is 0 Å². The molecule has 0 aliphatic carbocycles. The Morgan fingerprint density at radius 2 is 1.56 bits per heavy atom. The van der Waals surface area contributed by atoms with E-state index in [2.05, 4.69) is 4.98 Å². The van der Waals surface area contributed by atoms with Gasteiger partial charge in [0.1, 0.15) is 0 Å². The molecule has 1 heterocycles. The van der Waals surface area contributed by atoms with Gasteiger partial charge in [0, 0.05) is 21.5 Å². The van der Waals surface area contributed by atoms with Gasteiger partial charge < -0.3 is 4.98 Å². The van der Waals surface area contributed by atoms with E-state index < -0.39 is 5.56 Å². The zero-order valence-electron chi connectivity index (χ0n) is 17.0. The number of fused-ring (bicyclic) bond motifs is 2. The first kappa shape index (κ1) is 20.0. The molecular formula is C28H18ClNO2. The van der Waals surface area contributed by atoms with Crippen LogP contribution in [0.2, 0.25) is 5.02 Å². The molecule has 3 nitrogen and oxygen atoms in total. The van der Waals surface area contributed by atoms with E-state index in [0.29, 0.717) is 16.1 Å². The Labute approximate surface area is 189 Å². The summed E-state index contributed by atoms with van der Waals surface area (Å²) in [6.07, 6.45) is 3.20. The summed E-state index contributed by atoms with van der Waals surface area (Å²) in [6.45, 7) is 0. The van der Waals surface area contributed by atoms with Crippen LogP contribution in [0.15, 0.2) is 102 Å². The molecule has 32 heavy (non-hydrogen) atoms. The van der Waals surface area contributed by atoms with E-state index in [4.69, 9.17) is 11.6 Å². The predicted octanol–water partition coefficient (Wildman–Crippen LogP) is 6.90. The number of carbonyl (C=O) groups is 1. The Bertz CT molecular complexity index is 1570. The number of hydrogen-bond acceptors (Lipinski definition) is 2. The fourth-order valence-corrected chi connectivity index (χ4v) is 4.14. The van der Waals surface area contributed by atoms with Crippen molar-refractivity contribution in [1.82, 2.24) is 4.98 Å². The second kappa shape index (κ2) is 8.29. The Morgan fingerprint density at radius 3 is 2.38 bits per heavy atom. The second-order valence-corrected chi connectivity index (χ2v) is 8.00. The summed E-state index contributed by atoms with van der Waals surface area (Å²) in [5, 5.41) is 3.48. The fourth-order valence-electron chi connectivity index (χ4n) is 3.97. The van der Waals surface area contributed by atoms with Gasteiger partial charge in [-0.3, -0.25) is 9.59 Å². The minimum absolute atomic E-state index is 0.100. The summed E-state index contributed by atoms with van der Waals surface area (Å²) in [5.74, 6) is -0.361. The molecule has 4 heteroatoms. The van der Waals surface area contributed by atoms with Crippen LogP contribution in [0.5, 0.6) is 0 Å². The molecule has 0 saturated heterocycles. The maximum absolute atomic E-state index is 13.3. The van der Waals surface area contributed by atoms with E-state index in [0.717, 1.165) is 27.3 Å². The number of pyridine rings is 1. The lowest BCUT2D eigenvalue weighted by molar-refractivity contribution is 0.104. The van der Waals surface area contributed by atoms with E-state index in [9.17, 15) is 9.59 Å². The summed E-state index contributed by atoms with van der Waals surface area (Å²) < 4.78 is 0. The van der Waals surface area contributed by atoms with Crippen LogP contribution in [0.25, 0.3) is 38.9 Å². The molecular weight excluding hydrogens is 418 g/mol. The Kier molecular flexibility index (Phi) is 5.18. The van der Waals surface area contributed by atoms with Crippen LogP contribution < -0.4 is 5.56 Å². The molecule has 5 aromatic rings. The number of rotatable bonds is 4. The molecule has 0 amide bonds. The van der Waals surface area contributed by atoms with Crippen LogP contribution >= 0.6 is 11.6 Å². The van der Waals surface area contributed by atoms with E-state index in [-0.39, 0.29) is 11.3 Å². The molecule has 0 radical (unpaired) electrons. The van der Waals surface area contributed by atoms with Gasteiger partial charge in [-0.05, 0) is 52.2 Å². The summed E-state index contributed by atoms with van der Waals surface area (Å²) >= 11 is 6.25. The largest absolute Gasteiger partial charge is 0.321 e. The minimum Gasteiger partial charge on any atom is -0.321 e. The van der Waals surface area contributed by atoms with Crippen molar-refractivity contribution < 1.29 is 4.79 Å². The van der Waals surface area contributed by atoms with Crippen LogP contribution in [0.3, 0.4) is 0 Å². The van der Waals surface area contributed by atoms with Crippen LogP contribution in [0.1, 0.15) is 15.9 Å². The van der Waals surface area contributed by atoms with Gasteiger partial charge >= 0.3 is 0 Å². The molecule has 0 bridgehead atoms. The normalized spacial score (nSPS) is 11.4. The number of allylic oxidation sites excluding steroid dienone is 1. The Morgan fingerprint density at radius 1 is 0.812 bits per heavy atom. The van der Waals surface area contributed by atoms with Crippen LogP contribution in [-0.4, -0.2) is 10.8 Å². The number of H-pyrrole nitrogens is 1. The third kappa shape index (κ3) is 3.75. The van der Waals surface area contributed by atoms with Gasteiger partial charge in [-0.15, -0.1) is 0 Å². The van der Waals surface area contributed by atoms with E-state index in [1.807, 2.05) is 72.8 Å². The number of halogens is 1. The monoisotopic (exact) mass is 435 g/mol. The van der Waals surface area contributed by atoms with E-state index in [1.165, 1.54) is 6.08 Å². The molecule has 0 unspecified atom stereocenters. The first-order chi connectivity index (χ1) is 15.6. The van der Waals surface area contributed by atoms with Gasteiger partial charge in [0.2, 0.25) is 0 Å². The number of aromatic nitrogens is 1. The van der Waals surface area contributed by atoms with Gasteiger partial charge in [0.15, 0.2) is 5.78 Å². The second-order valence-electron chi connectivity index (χ2n) is 7.56. The first-order valence-electron chi connectivity index (χ1n) is 10.2. The Hall–Kier alpha value is -3.95. The van der Waals surface area contributed by atoms with Crippen molar-refractivity contribution in [3.63, 3.8) is 0 Å². The maximum atomic E-state index is 13.3. The van der Waals surface area contributed by atoms with E-state index >= 15 is 0 Å².